The van der Waals surface area contributed by atoms with Crippen LogP contribution in [0.3, 0.4) is 0 Å². The predicted octanol–water partition coefficient (Wildman–Crippen LogP) is 0.924. The number of benzene rings is 1. The molecule has 0 aliphatic heterocycles. The van der Waals surface area contributed by atoms with Crippen molar-refractivity contribution in [1.29, 1.82) is 0 Å². The number of amides is 3. The number of ether oxygens (including phenoxy) is 1. The van der Waals surface area contributed by atoms with Gasteiger partial charge < -0.3 is 25.1 Å². The lowest BCUT2D eigenvalue weighted by molar-refractivity contribution is -0.147. The molecule has 0 atom stereocenters. The second-order valence-electron chi connectivity index (χ2n) is 5.94. The third-order valence-corrected chi connectivity index (χ3v) is 3.74. The zero-order chi connectivity index (χ0) is 20.5. The van der Waals surface area contributed by atoms with Gasteiger partial charge in [-0.05, 0) is 49.2 Å². The quantitative estimate of drug-likeness (QED) is 0.578. The van der Waals surface area contributed by atoms with Crippen LogP contribution in [0.1, 0.15) is 21.7 Å². The molecule has 1 aromatic carbocycles. The third-order valence-electron chi connectivity index (χ3n) is 3.74. The number of hydrogen-bond donors (Lipinski definition) is 3. The van der Waals surface area contributed by atoms with Crippen molar-refractivity contribution in [2.75, 3.05) is 25.0 Å². The summed E-state index contributed by atoms with van der Waals surface area (Å²) in [5.41, 5.74) is 2.72. The van der Waals surface area contributed by atoms with E-state index in [2.05, 4.69) is 16.0 Å². The Kier molecular flexibility index (Phi) is 7.32. The van der Waals surface area contributed by atoms with Crippen LogP contribution < -0.4 is 16.0 Å². The van der Waals surface area contributed by atoms with E-state index in [-0.39, 0.29) is 12.3 Å². The van der Waals surface area contributed by atoms with Crippen LogP contribution in [-0.2, 0) is 19.1 Å². The van der Waals surface area contributed by atoms with Gasteiger partial charge in [0.15, 0.2) is 12.4 Å². The van der Waals surface area contributed by atoms with Crippen LogP contribution in [0.15, 0.2) is 41.0 Å². The van der Waals surface area contributed by atoms with Crippen LogP contribution >= 0.6 is 0 Å². The molecule has 0 radical (unpaired) electrons. The lowest BCUT2D eigenvalue weighted by atomic mass is 10.1. The first-order valence-electron chi connectivity index (χ1n) is 8.46. The van der Waals surface area contributed by atoms with Crippen LogP contribution in [0, 0.1) is 13.8 Å². The summed E-state index contributed by atoms with van der Waals surface area (Å²) in [6.07, 6.45) is 1.33. The van der Waals surface area contributed by atoms with Gasteiger partial charge in [-0.2, -0.15) is 0 Å². The van der Waals surface area contributed by atoms with E-state index >= 15 is 0 Å². The largest absolute Gasteiger partial charge is 0.459 e. The minimum atomic E-state index is -0.777. The summed E-state index contributed by atoms with van der Waals surface area (Å²) in [5, 5.41) is 7.23. The molecule has 0 spiro atoms. The Hall–Kier alpha value is -3.62. The number of esters is 1. The molecule has 2 aromatic rings. The van der Waals surface area contributed by atoms with Crippen LogP contribution in [0.25, 0.3) is 0 Å². The highest BCUT2D eigenvalue weighted by Crippen LogP contribution is 2.13. The Morgan fingerprint density at radius 1 is 0.964 bits per heavy atom. The average Bonchev–Trinajstić information content (AvgIpc) is 3.20. The number of carbonyl (C=O) groups excluding carboxylic acids is 4. The average molecular weight is 387 g/mol. The normalized spacial score (nSPS) is 10.1. The van der Waals surface area contributed by atoms with Gasteiger partial charge >= 0.3 is 5.97 Å². The second kappa shape index (κ2) is 9.91. The Labute approximate surface area is 161 Å². The molecule has 0 bridgehead atoms. The molecular formula is C19H21N3O6. The fourth-order valence-electron chi connectivity index (χ4n) is 2.10. The summed E-state index contributed by atoms with van der Waals surface area (Å²) in [6.45, 7) is 2.65. The van der Waals surface area contributed by atoms with Crippen LogP contribution in [0.2, 0.25) is 0 Å². The SMILES string of the molecule is Cc1ccc(NC(=O)COC(=O)CNC(=O)CNC(=O)c2ccco2)cc1C. The lowest BCUT2D eigenvalue weighted by Gasteiger charge is -2.09. The first kappa shape index (κ1) is 20.7. The van der Waals surface area contributed by atoms with E-state index < -0.39 is 36.8 Å². The predicted molar refractivity (Wildman–Crippen MR) is 99.6 cm³/mol. The Morgan fingerprint density at radius 3 is 2.43 bits per heavy atom. The summed E-state index contributed by atoms with van der Waals surface area (Å²) >= 11 is 0. The van der Waals surface area contributed by atoms with Crippen molar-refractivity contribution in [1.82, 2.24) is 10.6 Å². The van der Waals surface area contributed by atoms with Gasteiger partial charge in [-0.3, -0.25) is 19.2 Å². The fraction of sp³-hybridized carbons (Fsp3) is 0.263. The summed E-state index contributed by atoms with van der Waals surface area (Å²) in [7, 11) is 0. The van der Waals surface area contributed by atoms with Crippen molar-refractivity contribution in [2.24, 2.45) is 0 Å². The van der Waals surface area contributed by atoms with Gasteiger partial charge in [0.05, 0.1) is 12.8 Å². The second-order valence-corrected chi connectivity index (χ2v) is 5.94. The van der Waals surface area contributed by atoms with Gasteiger partial charge in [-0.15, -0.1) is 0 Å². The number of carbonyl (C=O) groups is 4. The lowest BCUT2D eigenvalue weighted by Crippen LogP contribution is -2.39. The highest BCUT2D eigenvalue weighted by molar-refractivity contribution is 5.95. The van der Waals surface area contributed by atoms with Crippen LogP contribution in [0.4, 0.5) is 5.69 Å². The molecule has 9 nitrogen and oxygen atoms in total. The van der Waals surface area contributed by atoms with E-state index in [1.807, 2.05) is 26.0 Å². The van der Waals surface area contributed by atoms with Crippen molar-refractivity contribution < 1.29 is 28.3 Å². The van der Waals surface area contributed by atoms with Crippen molar-refractivity contribution in [3.8, 4) is 0 Å². The zero-order valence-corrected chi connectivity index (χ0v) is 15.5. The molecule has 9 heteroatoms. The summed E-state index contributed by atoms with van der Waals surface area (Å²) in [6, 6.07) is 8.43. The standard InChI is InChI=1S/C19H21N3O6/c1-12-5-6-14(8-13(12)2)22-17(24)11-28-18(25)10-20-16(23)9-21-19(26)15-4-3-7-27-15/h3-8H,9-11H2,1-2H3,(H,20,23)(H,21,26)(H,22,24). The molecule has 3 amide bonds. The monoisotopic (exact) mass is 387 g/mol. The maximum Gasteiger partial charge on any atom is 0.325 e. The number of hydrogen-bond acceptors (Lipinski definition) is 6. The molecule has 0 saturated carbocycles. The molecule has 0 saturated heterocycles. The summed E-state index contributed by atoms with van der Waals surface area (Å²) in [5.74, 6) is -2.33. The first-order chi connectivity index (χ1) is 13.3. The highest BCUT2D eigenvalue weighted by atomic mass is 16.5. The summed E-state index contributed by atoms with van der Waals surface area (Å²) < 4.78 is 9.68. The molecule has 1 aromatic heterocycles. The van der Waals surface area contributed by atoms with Gasteiger partial charge in [0, 0.05) is 5.69 Å². The molecular weight excluding hydrogens is 366 g/mol. The van der Waals surface area contributed by atoms with Crippen molar-refractivity contribution >= 4 is 29.4 Å². The molecule has 3 N–H and O–H groups in total. The topological polar surface area (TPSA) is 127 Å². The molecule has 0 aliphatic rings. The number of furan rings is 1. The molecule has 0 unspecified atom stereocenters. The molecule has 28 heavy (non-hydrogen) atoms. The van der Waals surface area contributed by atoms with Gasteiger partial charge in [-0.1, -0.05) is 6.07 Å². The molecule has 2 rings (SSSR count). The maximum atomic E-state index is 11.8. The number of nitrogens with one attached hydrogen (secondary N) is 3. The van der Waals surface area contributed by atoms with Gasteiger partial charge in [0.1, 0.15) is 6.54 Å². The van der Waals surface area contributed by atoms with Gasteiger partial charge in [0.25, 0.3) is 11.8 Å². The zero-order valence-electron chi connectivity index (χ0n) is 15.5. The Bertz CT molecular complexity index is 861. The molecule has 0 fully saturated rings. The number of anilines is 1. The van der Waals surface area contributed by atoms with Crippen molar-refractivity contribution in [3.05, 3.63) is 53.5 Å². The molecule has 1 heterocycles. The molecule has 148 valence electrons. The summed E-state index contributed by atoms with van der Waals surface area (Å²) in [4.78, 5) is 46.6. The van der Waals surface area contributed by atoms with Gasteiger partial charge in [0.2, 0.25) is 5.91 Å². The van der Waals surface area contributed by atoms with Gasteiger partial charge in [-0.25, -0.2) is 0 Å². The third kappa shape index (κ3) is 6.60. The van der Waals surface area contributed by atoms with E-state index in [1.165, 1.54) is 12.3 Å². The minimum absolute atomic E-state index is 0.0713. The Morgan fingerprint density at radius 2 is 1.75 bits per heavy atom. The first-order valence-corrected chi connectivity index (χ1v) is 8.46. The van der Waals surface area contributed by atoms with E-state index in [9.17, 15) is 19.2 Å². The smallest absolute Gasteiger partial charge is 0.325 e. The van der Waals surface area contributed by atoms with E-state index in [0.717, 1.165) is 11.1 Å². The van der Waals surface area contributed by atoms with Crippen LogP contribution in [-0.4, -0.2) is 43.4 Å². The van der Waals surface area contributed by atoms with Crippen molar-refractivity contribution in [3.63, 3.8) is 0 Å². The fourth-order valence-corrected chi connectivity index (χ4v) is 2.10. The Balaban J connectivity index is 1.63. The minimum Gasteiger partial charge on any atom is -0.459 e. The number of aryl methyl sites for hydroxylation is 2. The maximum absolute atomic E-state index is 11.8. The van der Waals surface area contributed by atoms with Crippen LogP contribution in [0.5, 0.6) is 0 Å². The number of rotatable bonds is 8. The van der Waals surface area contributed by atoms with E-state index in [1.54, 1.807) is 12.1 Å². The van der Waals surface area contributed by atoms with Crippen molar-refractivity contribution in [2.45, 2.75) is 13.8 Å². The van der Waals surface area contributed by atoms with E-state index in [0.29, 0.717) is 5.69 Å². The van der Waals surface area contributed by atoms with E-state index in [4.69, 9.17) is 9.15 Å². The molecule has 0 aliphatic carbocycles. The highest BCUT2D eigenvalue weighted by Gasteiger charge is 2.12.